The molecule has 6 heteroatoms. The number of nitrogens with two attached hydrogens (primary N) is 1. The highest BCUT2D eigenvalue weighted by Gasteiger charge is 2.04. The predicted molar refractivity (Wildman–Crippen MR) is 52.1 cm³/mol. The van der Waals surface area contributed by atoms with Gasteiger partial charge in [0.05, 0.1) is 17.3 Å². The van der Waals surface area contributed by atoms with Crippen molar-refractivity contribution >= 4 is 11.6 Å². The molecule has 14 heavy (non-hydrogen) atoms. The molecule has 0 aromatic carbocycles. The molecule has 0 aliphatic rings. The van der Waals surface area contributed by atoms with Crippen LogP contribution in [0.25, 0.3) is 5.69 Å². The molecule has 0 saturated carbocycles. The van der Waals surface area contributed by atoms with Crippen LogP contribution in [-0.4, -0.2) is 19.7 Å². The van der Waals surface area contributed by atoms with E-state index in [1.807, 2.05) is 0 Å². The fourth-order valence-electron chi connectivity index (χ4n) is 1.06. The van der Waals surface area contributed by atoms with E-state index < -0.39 is 0 Å². The minimum absolute atomic E-state index is 0.315. The van der Waals surface area contributed by atoms with E-state index in [1.165, 1.54) is 0 Å². The van der Waals surface area contributed by atoms with E-state index in [4.69, 9.17) is 17.3 Å². The minimum atomic E-state index is 0.315. The van der Waals surface area contributed by atoms with Crippen molar-refractivity contribution in [3.63, 3.8) is 0 Å². The molecule has 2 rings (SSSR count). The molecule has 0 amide bonds. The van der Waals surface area contributed by atoms with Crippen LogP contribution in [0, 0.1) is 0 Å². The lowest BCUT2D eigenvalue weighted by molar-refractivity contribution is 0.829. The smallest absolute Gasteiger partial charge is 0.164 e. The Labute approximate surface area is 85.5 Å². The minimum Gasteiger partial charge on any atom is -0.324 e. The Bertz CT molecular complexity index is 439. The Balaban J connectivity index is 2.44. The lowest BCUT2D eigenvalue weighted by Crippen LogP contribution is -2.01. The van der Waals surface area contributed by atoms with Crippen LogP contribution in [0.3, 0.4) is 0 Å². The van der Waals surface area contributed by atoms with Gasteiger partial charge in [-0.05, 0) is 6.07 Å². The van der Waals surface area contributed by atoms with Crippen LogP contribution >= 0.6 is 11.6 Å². The van der Waals surface area contributed by atoms with Crippen LogP contribution in [0.4, 0.5) is 0 Å². The summed E-state index contributed by atoms with van der Waals surface area (Å²) in [5.74, 6) is 0.581. The Hall–Kier alpha value is -1.46. The van der Waals surface area contributed by atoms with Crippen LogP contribution in [0.5, 0.6) is 0 Å². The number of hydrogen-bond donors (Lipinski definition) is 1. The van der Waals surface area contributed by atoms with Crippen LogP contribution in [0.2, 0.25) is 5.02 Å². The van der Waals surface area contributed by atoms with Crippen molar-refractivity contribution in [2.24, 2.45) is 5.73 Å². The Morgan fingerprint density at radius 3 is 3.00 bits per heavy atom. The molecule has 0 unspecified atom stereocenters. The normalized spacial score (nSPS) is 10.4. The van der Waals surface area contributed by atoms with Gasteiger partial charge in [0.15, 0.2) is 5.82 Å². The summed E-state index contributed by atoms with van der Waals surface area (Å²) >= 11 is 5.93. The first-order valence-corrected chi connectivity index (χ1v) is 4.39. The second-order valence-electron chi connectivity index (χ2n) is 2.64. The van der Waals surface area contributed by atoms with Crippen molar-refractivity contribution in [1.82, 2.24) is 19.7 Å². The summed E-state index contributed by atoms with van der Waals surface area (Å²) in [7, 11) is 0. The van der Waals surface area contributed by atoms with Crippen LogP contribution < -0.4 is 5.73 Å². The molecular weight excluding hydrogens is 202 g/mol. The van der Waals surface area contributed by atoms with E-state index in [1.54, 1.807) is 29.5 Å². The van der Waals surface area contributed by atoms with Crippen LogP contribution in [0.1, 0.15) is 5.82 Å². The monoisotopic (exact) mass is 209 g/mol. The second-order valence-corrected chi connectivity index (χ2v) is 3.04. The molecule has 0 spiro atoms. The zero-order chi connectivity index (χ0) is 9.97. The van der Waals surface area contributed by atoms with Crippen molar-refractivity contribution in [2.45, 2.75) is 6.54 Å². The zero-order valence-electron chi connectivity index (χ0n) is 7.26. The summed E-state index contributed by atoms with van der Waals surface area (Å²) in [5, 5.41) is 4.66. The molecule has 2 N–H and O–H groups in total. The zero-order valence-corrected chi connectivity index (χ0v) is 8.02. The molecule has 0 radical (unpaired) electrons. The third-order valence-electron chi connectivity index (χ3n) is 1.72. The molecule has 72 valence electrons. The van der Waals surface area contributed by atoms with Gasteiger partial charge in [-0.25, -0.2) is 9.67 Å². The topological polar surface area (TPSA) is 69.6 Å². The maximum atomic E-state index is 5.93. The number of halogens is 1. The Morgan fingerprint density at radius 1 is 1.50 bits per heavy atom. The number of aromatic nitrogens is 4. The van der Waals surface area contributed by atoms with Gasteiger partial charge in [-0.1, -0.05) is 11.6 Å². The first kappa shape index (κ1) is 9.11. The number of hydrogen-bond acceptors (Lipinski definition) is 4. The van der Waals surface area contributed by atoms with Crippen LogP contribution in [-0.2, 0) is 6.54 Å². The highest BCUT2D eigenvalue weighted by molar-refractivity contribution is 6.32. The first-order valence-electron chi connectivity index (χ1n) is 4.02. The van der Waals surface area contributed by atoms with Gasteiger partial charge < -0.3 is 5.73 Å². The van der Waals surface area contributed by atoms with E-state index in [2.05, 4.69) is 15.1 Å². The highest BCUT2D eigenvalue weighted by atomic mass is 35.5. The van der Waals surface area contributed by atoms with E-state index in [0.29, 0.717) is 17.4 Å². The summed E-state index contributed by atoms with van der Waals surface area (Å²) < 4.78 is 1.58. The lowest BCUT2D eigenvalue weighted by atomic mass is 10.4. The maximum Gasteiger partial charge on any atom is 0.164 e. The number of pyridine rings is 1. The molecule has 2 heterocycles. The summed E-state index contributed by atoms with van der Waals surface area (Å²) in [6.45, 7) is 0.315. The molecular formula is C8H8ClN5. The van der Waals surface area contributed by atoms with Crippen LogP contribution in [0.15, 0.2) is 24.8 Å². The van der Waals surface area contributed by atoms with Gasteiger partial charge in [0, 0.05) is 12.4 Å². The fraction of sp³-hybridized carbons (Fsp3) is 0.125. The number of nitrogens with zero attached hydrogens (tertiary/aromatic N) is 4. The largest absolute Gasteiger partial charge is 0.324 e. The van der Waals surface area contributed by atoms with E-state index in [9.17, 15) is 0 Å². The van der Waals surface area contributed by atoms with Gasteiger partial charge >= 0.3 is 0 Å². The maximum absolute atomic E-state index is 5.93. The Kier molecular flexibility index (Phi) is 2.43. The molecule has 0 atom stereocenters. The van der Waals surface area contributed by atoms with Crippen molar-refractivity contribution in [2.75, 3.05) is 0 Å². The summed E-state index contributed by atoms with van der Waals surface area (Å²) in [6, 6.07) is 1.76. The van der Waals surface area contributed by atoms with Gasteiger partial charge in [-0.15, -0.1) is 5.10 Å². The van der Waals surface area contributed by atoms with Crippen molar-refractivity contribution in [1.29, 1.82) is 0 Å². The third-order valence-corrected chi connectivity index (χ3v) is 2.01. The fourth-order valence-corrected chi connectivity index (χ4v) is 1.27. The first-order chi connectivity index (χ1) is 6.81. The van der Waals surface area contributed by atoms with Crippen molar-refractivity contribution in [3.05, 3.63) is 35.6 Å². The summed E-state index contributed by atoms with van der Waals surface area (Å²) in [5.41, 5.74) is 6.14. The highest BCUT2D eigenvalue weighted by Crippen LogP contribution is 2.16. The van der Waals surface area contributed by atoms with Crippen molar-refractivity contribution in [3.8, 4) is 5.69 Å². The second kappa shape index (κ2) is 3.73. The number of rotatable bonds is 2. The average molecular weight is 210 g/mol. The molecule has 0 fully saturated rings. The van der Waals surface area contributed by atoms with Gasteiger partial charge in [0.1, 0.15) is 6.33 Å². The molecule has 0 aliphatic carbocycles. The third kappa shape index (κ3) is 1.59. The average Bonchev–Trinajstić information content (AvgIpc) is 2.67. The van der Waals surface area contributed by atoms with Gasteiger partial charge in [0.2, 0.25) is 0 Å². The summed E-state index contributed by atoms with van der Waals surface area (Å²) in [6.07, 6.45) is 4.77. The molecule has 0 bridgehead atoms. The van der Waals surface area contributed by atoms with Crippen molar-refractivity contribution < 1.29 is 0 Å². The standard InChI is InChI=1S/C8H8ClN5/c9-6-4-11-2-1-7(6)14-5-12-8(3-10)13-14/h1-2,4-5H,3,10H2. The van der Waals surface area contributed by atoms with Gasteiger partial charge in [-0.2, -0.15) is 0 Å². The van der Waals surface area contributed by atoms with Gasteiger partial charge in [-0.3, -0.25) is 4.98 Å². The Morgan fingerprint density at radius 2 is 2.36 bits per heavy atom. The lowest BCUT2D eigenvalue weighted by Gasteiger charge is -2.00. The SMILES string of the molecule is NCc1ncn(-c2ccncc2Cl)n1. The molecule has 0 saturated heterocycles. The van der Waals surface area contributed by atoms with E-state index in [-0.39, 0.29) is 0 Å². The quantitative estimate of drug-likeness (QED) is 0.794. The molecule has 5 nitrogen and oxygen atoms in total. The molecule has 0 aliphatic heterocycles. The summed E-state index contributed by atoms with van der Waals surface area (Å²) in [4.78, 5) is 7.88. The predicted octanol–water partition coefficient (Wildman–Crippen LogP) is 0.774. The molecule has 2 aromatic heterocycles. The van der Waals surface area contributed by atoms with E-state index in [0.717, 1.165) is 5.69 Å². The molecule has 2 aromatic rings. The van der Waals surface area contributed by atoms with Gasteiger partial charge in [0.25, 0.3) is 0 Å². The van der Waals surface area contributed by atoms with E-state index >= 15 is 0 Å².